The lowest BCUT2D eigenvalue weighted by Crippen LogP contribution is -2.25. The number of amides is 1. The number of carbonyl (C=O) groups excluding carboxylic acids is 1. The van der Waals surface area contributed by atoms with E-state index in [0.29, 0.717) is 19.5 Å². The van der Waals surface area contributed by atoms with Crippen molar-refractivity contribution in [1.29, 1.82) is 0 Å². The first-order chi connectivity index (χ1) is 8.43. The van der Waals surface area contributed by atoms with Crippen LogP contribution in [-0.4, -0.2) is 17.4 Å². The van der Waals surface area contributed by atoms with Crippen molar-refractivity contribution in [1.82, 2.24) is 10.3 Å². The Morgan fingerprint density at radius 2 is 2.22 bits per heavy atom. The molecule has 1 amide bonds. The molecule has 5 heteroatoms. The van der Waals surface area contributed by atoms with Gasteiger partial charge in [-0.1, -0.05) is 13.8 Å². The fourth-order valence-electron chi connectivity index (χ4n) is 1.71. The molecule has 3 N–H and O–H groups in total. The molecule has 0 aliphatic heterocycles. The van der Waals surface area contributed by atoms with Gasteiger partial charge in [-0.3, -0.25) is 4.79 Å². The third-order valence-corrected chi connectivity index (χ3v) is 3.87. The zero-order chi connectivity index (χ0) is 13.6. The minimum atomic E-state index is 0.0907. The maximum absolute atomic E-state index is 11.7. The van der Waals surface area contributed by atoms with Crippen LogP contribution in [0.15, 0.2) is 6.20 Å². The van der Waals surface area contributed by atoms with E-state index in [9.17, 15) is 4.79 Å². The van der Waals surface area contributed by atoms with E-state index >= 15 is 0 Å². The van der Waals surface area contributed by atoms with E-state index in [4.69, 9.17) is 5.73 Å². The topological polar surface area (TPSA) is 68.0 Å². The smallest absolute Gasteiger partial charge is 0.220 e. The highest BCUT2D eigenvalue weighted by molar-refractivity contribution is 7.11. The first-order valence-corrected chi connectivity index (χ1v) is 7.13. The van der Waals surface area contributed by atoms with E-state index in [-0.39, 0.29) is 11.3 Å². The Balaban J connectivity index is 2.26. The minimum absolute atomic E-state index is 0.0907. The molecule has 1 aromatic heterocycles. The number of nitrogens with two attached hydrogens (primary N) is 1. The zero-order valence-electron chi connectivity index (χ0n) is 11.5. The molecule has 1 heterocycles. The SMILES string of the molecule is Cc1cnc(CNC(=O)CCC(C)(C)CCN)s1. The second-order valence-electron chi connectivity index (χ2n) is 5.34. The molecule has 0 fully saturated rings. The number of nitrogens with one attached hydrogen (secondary N) is 1. The van der Waals surface area contributed by atoms with Gasteiger partial charge in [-0.2, -0.15) is 0 Å². The van der Waals surface area contributed by atoms with Crippen LogP contribution in [0, 0.1) is 12.3 Å². The zero-order valence-corrected chi connectivity index (χ0v) is 12.3. The van der Waals surface area contributed by atoms with Crippen molar-refractivity contribution in [2.75, 3.05) is 6.54 Å². The van der Waals surface area contributed by atoms with E-state index < -0.39 is 0 Å². The minimum Gasteiger partial charge on any atom is -0.350 e. The van der Waals surface area contributed by atoms with Gasteiger partial charge in [0.05, 0.1) is 6.54 Å². The maximum Gasteiger partial charge on any atom is 0.220 e. The Labute approximate surface area is 113 Å². The van der Waals surface area contributed by atoms with Gasteiger partial charge in [0.25, 0.3) is 0 Å². The molecule has 102 valence electrons. The number of hydrogen-bond acceptors (Lipinski definition) is 4. The summed E-state index contributed by atoms with van der Waals surface area (Å²) in [4.78, 5) is 17.1. The van der Waals surface area contributed by atoms with Gasteiger partial charge in [-0.05, 0) is 31.7 Å². The summed E-state index contributed by atoms with van der Waals surface area (Å²) in [5.41, 5.74) is 5.69. The van der Waals surface area contributed by atoms with E-state index in [1.807, 2.05) is 13.1 Å². The van der Waals surface area contributed by atoms with Crippen LogP contribution in [0.1, 0.15) is 43.0 Å². The van der Waals surface area contributed by atoms with Gasteiger partial charge in [0.15, 0.2) is 0 Å². The van der Waals surface area contributed by atoms with Crippen LogP contribution in [0.25, 0.3) is 0 Å². The summed E-state index contributed by atoms with van der Waals surface area (Å²) in [5, 5.41) is 3.86. The lowest BCUT2D eigenvalue weighted by atomic mass is 9.84. The van der Waals surface area contributed by atoms with Crippen LogP contribution in [0.3, 0.4) is 0 Å². The largest absolute Gasteiger partial charge is 0.350 e. The van der Waals surface area contributed by atoms with Crippen molar-refractivity contribution in [3.63, 3.8) is 0 Å². The fourth-order valence-corrected chi connectivity index (χ4v) is 2.44. The Bertz CT molecular complexity index is 387. The van der Waals surface area contributed by atoms with Crippen molar-refractivity contribution in [3.05, 3.63) is 16.1 Å². The van der Waals surface area contributed by atoms with Crippen LogP contribution in [0.2, 0.25) is 0 Å². The van der Waals surface area contributed by atoms with E-state index in [1.54, 1.807) is 11.3 Å². The van der Waals surface area contributed by atoms with Crippen molar-refractivity contribution in [2.24, 2.45) is 11.1 Å². The van der Waals surface area contributed by atoms with Gasteiger partial charge in [0.2, 0.25) is 5.91 Å². The van der Waals surface area contributed by atoms with Gasteiger partial charge in [0, 0.05) is 17.5 Å². The number of nitrogens with zero attached hydrogens (tertiary/aromatic N) is 1. The molecule has 0 atom stereocenters. The summed E-state index contributed by atoms with van der Waals surface area (Å²) < 4.78 is 0. The Morgan fingerprint density at radius 1 is 1.50 bits per heavy atom. The molecule has 18 heavy (non-hydrogen) atoms. The molecule has 0 aromatic carbocycles. The molecule has 0 bridgehead atoms. The summed E-state index contributed by atoms with van der Waals surface area (Å²) >= 11 is 1.62. The molecule has 0 aliphatic rings. The highest BCUT2D eigenvalue weighted by Crippen LogP contribution is 2.25. The highest BCUT2D eigenvalue weighted by Gasteiger charge is 2.18. The average molecular weight is 269 g/mol. The Hall–Kier alpha value is -0.940. The van der Waals surface area contributed by atoms with Crippen molar-refractivity contribution >= 4 is 17.2 Å². The van der Waals surface area contributed by atoms with Crippen LogP contribution in [0.5, 0.6) is 0 Å². The number of aromatic nitrogens is 1. The average Bonchev–Trinajstić information content (AvgIpc) is 2.70. The number of rotatable bonds is 7. The first-order valence-electron chi connectivity index (χ1n) is 6.31. The molecule has 0 unspecified atom stereocenters. The predicted octanol–water partition coefficient (Wildman–Crippen LogP) is 2.22. The van der Waals surface area contributed by atoms with Crippen molar-refractivity contribution in [3.8, 4) is 0 Å². The molecular formula is C13H23N3OS. The number of thiazole rings is 1. The van der Waals surface area contributed by atoms with Gasteiger partial charge in [-0.15, -0.1) is 11.3 Å². The van der Waals surface area contributed by atoms with Gasteiger partial charge >= 0.3 is 0 Å². The summed E-state index contributed by atoms with van der Waals surface area (Å²) in [6, 6.07) is 0. The fraction of sp³-hybridized carbons (Fsp3) is 0.692. The lowest BCUT2D eigenvalue weighted by Gasteiger charge is -2.23. The normalized spacial score (nSPS) is 11.6. The number of carbonyl (C=O) groups is 1. The van der Waals surface area contributed by atoms with Crippen LogP contribution in [-0.2, 0) is 11.3 Å². The Kier molecular flexibility index (Phi) is 5.75. The van der Waals surface area contributed by atoms with E-state index in [0.717, 1.165) is 17.8 Å². The molecule has 4 nitrogen and oxygen atoms in total. The molecule has 0 saturated heterocycles. The second-order valence-corrected chi connectivity index (χ2v) is 6.66. The van der Waals surface area contributed by atoms with Crippen LogP contribution >= 0.6 is 11.3 Å². The summed E-state index contributed by atoms with van der Waals surface area (Å²) in [6.07, 6.45) is 4.20. The second kappa shape index (κ2) is 6.85. The molecule has 1 rings (SSSR count). The third kappa shape index (κ3) is 5.60. The standard InChI is InChI=1S/C13H23N3OS/c1-10-8-16-12(18-10)9-15-11(17)4-5-13(2,3)6-7-14/h8H,4-7,9,14H2,1-3H3,(H,15,17). The lowest BCUT2D eigenvalue weighted by molar-refractivity contribution is -0.121. The van der Waals surface area contributed by atoms with Crippen molar-refractivity contribution in [2.45, 2.75) is 46.6 Å². The van der Waals surface area contributed by atoms with Gasteiger partial charge < -0.3 is 11.1 Å². The molecule has 0 radical (unpaired) electrons. The first kappa shape index (κ1) is 15.1. The molecule has 0 saturated carbocycles. The third-order valence-electron chi connectivity index (χ3n) is 2.96. The Morgan fingerprint density at radius 3 is 2.78 bits per heavy atom. The highest BCUT2D eigenvalue weighted by atomic mass is 32.1. The van der Waals surface area contributed by atoms with Crippen molar-refractivity contribution < 1.29 is 4.79 Å². The maximum atomic E-state index is 11.7. The number of aryl methyl sites for hydroxylation is 1. The van der Waals surface area contributed by atoms with E-state index in [1.165, 1.54) is 4.88 Å². The molecular weight excluding hydrogens is 246 g/mol. The summed E-state index contributed by atoms with van der Waals surface area (Å²) in [5.74, 6) is 0.0907. The quantitative estimate of drug-likeness (QED) is 0.797. The monoisotopic (exact) mass is 269 g/mol. The molecule has 0 aliphatic carbocycles. The molecule has 0 spiro atoms. The van der Waals surface area contributed by atoms with Gasteiger partial charge in [-0.25, -0.2) is 4.98 Å². The number of hydrogen-bond donors (Lipinski definition) is 2. The van der Waals surface area contributed by atoms with E-state index in [2.05, 4.69) is 24.1 Å². The summed E-state index contributed by atoms with van der Waals surface area (Å²) in [7, 11) is 0. The van der Waals surface area contributed by atoms with Gasteiger partial charge in [0.1, 0.15) is 5.01 Å². The van der Waals surface area contributed by atoms with Crippen LogP contribution < -0.4 is 11.1 Å². The molecule has 1 aromatic rings. The predicted molar refractivity (Wildman–Crippen MR) is 75.4 cm³/mol. The van der Waals surface area contributed by atoms with Crippen LogP contribution in [0.4, 0.5) is 0 Å². The summed E-state index contributed by atoms with van der Waals surface area (Å²) in [6.45, 7) is 7.52.